The van der Waals surface area contributed by atoms with Crippen LogP contribution in [0.4, 0.5) is 4.79 Å². The van der Waals surface area contributed by atoms with Crippen LogP contribution in [-0.2, 0) is 40.1 Å². The van der Waals surface area contributed by atoms with E-state index in [1.165, 1.54) is 6.92 Å². The smallest absolute Gasteiger partial charge is 0.407 e. The summed E-state index contributed by atoms with van der Waals surface area (Å²) < 4.78 is 10.1. The monoisotopic (exact) mass is 466 g/mol. The van der Waals surface area contributed by atoms with Gasteiger partial charge >= 0.3 is 18.0 Å². The van der Waals surface area contributed by atoms with Crippen LogP contribution in [0.3, 0.4) is 0 Å². The third-order valence-corrected chi connectivity index (χ3v) is 3.59. The highest BCUT2D eigenvalue weighted by Gasteiger charge is 2.22. The average molecular weight is 466 g/mol. The summed E-state index contributed by atoms with van der Waals surface area (Å²) in [5, 5.41) is 6.76. The molecular formula is C21H30N4O8. The summed E-state index contributed by atoms with van der Waals surface area (Å²) in [6, 6.07) is 8.09. The van der Waals surface area contributed by atoms with E-state index in [9.17, 15) is 24.0 Å². The van der Waals surface area contributed by atoms with Crippen molar-refractivity contribution < 1.29 is 38.3 Å². The third-order valence-electron chi connectivity index (χ3n) is 3.59. The van der Waals surface area contributed by atoms with Crippen molar-refractivity contribution in [3.8, 4) is 0 Å². The van der Waals surface area contributed by atoms with Crippen molar-refractivity contribution in [3.63, 3.8) is 0 Å². The number of carbonyl (C=O) groups excluding carboxylic acids is 5. The fraction of sp³-hybridized carbons (Fsp3) is 0.476. The van der Waals surface area contributed by atoms with Gasteiger partial charge in [0, 0.05) is 0 Å². The summed E-state index contributed by atoms with van der Waals surface area (Å²) in [6.07, 6.45) is -0.783. The number of nitrogens with one attached hydrogen (secondary N) is 4. The van der Waals surface area contributed by atoms with Crippen LogP contribution in [0.15, 0.2) is 30.3 Å². The van der Waals surface area contributed by atoms with Crippen molar-refractivity contribution in [2.24, 2.45) is 0 Å². The maximum absolute atomic E-state index is 11.8. The summed E-state index contributed by atoms with van der Waals surface area (Å²) in [6.45, 7) is 5.29. The van der Waals surface area contributed by atoms with E-state index in [0.717, 1.165) is 5.56 Å². The van der Waals surface area contributed by atoms with Crippen LogP contribution in [0.2, 0.25) is 0 Å². The van der Waals surface area contributed by atoms with Crippen molar-refractivity contribution in [1.82, 2.24) is 21.4 Å². The minimum absolute atomic E-state index is 0.0538. The predicted octanol–water partition coefficient (Wildman–Crippen LogP) is -0.0768. The molecule has 0 aliphatic heterocycles. The molecule has 0 heterocycles. The second kappa shape index (κ2) is 13.7. The Bertz CT molecular complexity index is 823. The number of hydrogen-bond donors (Lipinski definition) is 4. The van der Waals surface area contributed by atoms with Gasteiger partial charge in [-0.25, -0.2) is 9.59 Å². The molecule has 1 aromatic carbocycles. The lowest BCUT2D eigenvalue weighted by Crippen LogP contribution is -2.44. The number of benzene rings is 1. The fourth-order valence-electron chi connectivity index (χ4n) is 2.03. The molecule has 0 aromatic heterocycles. The molecule has 1 rings (SSSR count). The van der Waals surface area contributed by atoms with Crippen molar-refractivity contribution >= 4 is 29.8 Å². The minimum atomic E-state index is -0.907. The molecule has 12 nitrogen and oxygen atoms in total. The van der Waals surface area contributed by atoms with Crippen LogP contribution in [0.1, 0.15) is 33.3 Å². The van der Waals surface area contributed by atoms with E-state index in [1.54, 1.807) is 45.0 Å². The second-order valence-electron chi connectivity index (χ2n) is 7.82. The molecular weight excluding hydrogens is 436 g/mol. The van der Waals surface area contributed by atoms with E-state index in [4.69, 9.17) is 9.47 Å². The number of hydroxylamine groups is 1. The Kier molecular flexibility index (Phi) is 11.3. The fourth-order valence-corrected chi connectivity index (χ4v) is 2.03. The van der Waals surface area contributed by atoms with E-state index in [0.29, 0.717) is 0 Å². The normalized spacial score (nSPS) is 11.5. The zero-order valence-electron chi connectivity index (χ0n) is 19.1. The molecule has 0 saturated heterocycles. The Hall–Kier alpha value is -3.67. The van der Waals surface area contributed by atoms with Gasteiger partial charge in [-0.3, -0.25) is 14.4 Å². The average Bonchev–Trinajstić information content (AvgIpc) is 2.76. The predicted molar refractivity (Wildman–Crippen MR) is 115 cm³/mol. The lowest BCUT2D eigenvalue weighted by molar-refractivity contribution is -0.165. The van der Waals surface area contributed by atoms with Crippen LogP contribution in [0.25, 0.3) is 0 Å². The first-order valence-electron chi connectivity index (χ1n) is 10.1. The van der Waals surface area contributed by atoms with Crippen LogP contribution in [-0.4, -0.2) is 61.1 Å². The van der Waals surface area contributed by atoms with Crippen LogP contribution < -0.4 is 21.4 Å². The third kappa shape index (κ3) is 13.4. The number of ether oxygens (including phenoxy) is 2. The Balaban J connectivity index is 2.15. The van der Waals surface area contributed by atoms with E-state index in [2.05, 4.69) is 26.3 Å². The van der Waals surface area contributed by atoms with E-state index in [1.807, 2.05) is 6.07 Å². The van der Waals surface area contributed by atoms with Crippen molar-refractivity contribution in [2.75, 3.05) is 19.6 Å². The van der Waals surface area contributed by atoms with Crippen molar-refractivity contribution in [3.05, 3.63) is 35.9 Å². The van der Waals surface area contributed by atoms with E-state index < -0.39 is 61.1 Å². The molecule has 0 fully saturated rings. The SMILES string of the molecule is C[C@H](NOC(=O)CNC(=O)CNC(=O)CNC(=O)OCc1ccccc1)C(=O)OC(C)(C)C. The van der Waals surface area contributed by atoms with Gasteiger partial charge in [0.05, 0.1) is 6.54 Å². The molecule has 4 N–H and O–H groups in total. The van der Waals surface area contributed by atoms with Gasteiger partial charge in [0.2, 0.25) is 11.8 Å². The van der Waals surface area contributed by atoms with Gasteiger partial charge in [0.25, 0.3) is 0 Å². The molecule has 0 unspecified atom stereocenters. The Morgan fingerprint density at radius 2 is 1.45 bits per heavy atom. The Morgan fingerprint density at radius 3 is 2.06 bits per heavy atom. The summed E-state index contributed by atoms with van der Waals surface area (Å²) in [4.78, 5) is 63.1. The maximum Gasteiger partial charge on any atom is 0.407 e. The molecule has 3 amide bonds. The Labute approximate surface area is 191 Å². The second-order valence-corrected chi connectivity index (χ2v) is 7.82. The molecule has 1 aromatic rings. The van der Waals surface area contributed by atoms with E-state index in [-0.39, 0.29) is 6.61 Å². The van der Waals surface area contributed by atoms with Crippen LogP contribution in [0, 0.1) is 0 Å². The highest BCUT2D eigenvalue weighted by atomic mass is 16.7. The summed E-state index contributed by atoms with van der Waals surface area (Å²) in [5.41, 5.74) is 2.34. The number of esters is 1. The summed E-state index contributed by atoms with van der Waals surface area (Å²) in [7, 11) is 0. The van der Waals surface area contributed by atoms with Gasteiger partial charge in [-0.2, -0.15) is 0 Å². The molecule has 1 atom stereocenters. The molecule has 0 aliphatic rings. The quantitative estimate of drug-likeness (QED) is 0.199. The van der Waals surface area contributed by atoms with Gasteiger partial charge in [-0.1, -0.05) is 30.3 Å². The molecule has 0 bridgehead atoms. The summed E-state index contributed by atoms with van der Waals surface area (Å²) in [5.74, 6) is -2.75. The lowest BCUT2D eigenvalue weighted by atomic mass is 10.2. The first-order valence-corrected chi connectivity index (χ1v) is 10.1. The van der Waals surface area contributed by atoms with Gasteiger partial charge in [0.15, 0.2) is 0 Å². The first kappa shape index (κ1) is 27.4. The molecule has 182 valence electrons. The highest BCUT2D eigenvalue weighted by Crippen LogP contribution is 2.08. The first-order chi connectivity index (χ1) is 15.5. The molecule has 0 aliphatic carbocycles. The molecule has 12 heteroatoms. The number of rotatable bonds is 11. The number of carbonyl (C=O) groups is 5. The Morgan fingerprint density at radius 1 is 0.879 bits per heavy atom. The minimum Gasteiger partial charge on any atom is -0.459 e. The zero-order valence-corrected chi connectivity index (χ0v) is 19.1. The van der Waals surface area contributed by atoms with Crippen molar-refractivity contribution in [2.45, 2.75) is 45.9 Å². The number of alkyl carbamates (subject to hydrolysis) is 1. The molecule has 0 radical (unpaired) electrons. The van der Waals surface area contributed by atoms with Gasteiger partial charge in [-0.15, -0.1) is 5.48 Å². The summed E-state index contributed by atoms with van der Waals surface area (Å²) >= 11 is 0. The molecule has 0 spiro atoms. The standard InChI is InChI=1S/C21H30N4O8/c1-14(19(29)32-21(2,3)4)25-33-18(28)12-23-16(26)10-22-17(27)11-24-20(30)31-13-15-8-6-5-7-9-15/h5-9,14,25H,10-13H2,1-4H3,(H,22,27)(H,23,26)(H,24,30)/t14-/m0/s1. The highest BCUT2D eigenvalue weighted by molar-refractivity contribution is 5.88. The van der Waals surface area contributed by atoms with Crippen LogP contribution in [0.5, 0.6) is 0 Å². The van der Waals surface area contributed by atoms with Crippen molar-refractivity contribution in [1.29, 1.82) is 0 Å². The molecule has 0 saturated carbocycles. The number of hydrogen-bond acceptors (Lipinski definition) is 9. The topological polar surface area (TPSA) is 161 Å². The zero-order chi connectivity index (χ0) is 24.9. The van der Waals surface area contributed by atoms with Gasteiger partial charge in [-0.05, 0) is 33.3 Å². The molecule has 33 heavy (non-hydrogen) atoms. The van der Waals surface area contributed by atoms with Gasteiger partial charge < -0.3 is 30.3 Å². The van der Waals surface area contributed by atoms with Gasteiger partial charge in [0.1, 0.15) is 31.3 Å². The van der Waals surface area contributed by atoms with E-state index >= 15 is 0 Å². The lowest BCUT2D eigenvalue weighted by Gasteiger charge is -2.22. The maximum atomic E-state index is 11.8. The largest absolute Gasteiger partial charge is 0.459 e. The number of amides is 3. The van der Waals surface area contributed by atoms with Crippen LogP contribution >= 0.6 is 0 Å².